The van der Waals surface area contributed by atoms with E-state index in [1.54, 1.807) is 0 Å². The van der Waals surface area contributed by atoms with Crippen molar-refractivity contribution in [2.75, 3.05) is 32.1 Å². The summed E-state index contributed by atoms with van der Waals surface area (Å²) in [6.45, 7) is 3.52. The van der Waals surface area contributed by atoms with E-state index in [-0.39, 0.29) is 11.4 Å². The average molecular weight is 396 g/mol. The first-order valence-corrected chi connectivity index (χ1v) is 11.7. The van der Waals surface area contributed by atoms with Gasteiger partial charge in [-0.05, 0) is 6.42 Å². The van der Waals surface area contributed by atoms with Crippen LogP contribution in [0.25, 0.3) is 0 Å². The van der Waals surface area contributed by atoms with Crippen molar-refractivity contribution in [1.82, 2.24) is 4.90 Å². The third kappa shape index (κ3) is 10.5. The molecule has 0 spiro atoms. The van der Waals surface area contributed by atoms with Crippen LogP contribution in [0, 0.1) is 0 Å². The fourth-order valence-electron chi connectivity index (χ4n) is 3.12. The molecule has 1 fully saturated rings. The highest BCUT2D eigenvalue weighted by atomic mass is 32.2. The van der Waals surface area contributed by atoms with Gasteiger partial charge in [-0.2, -0.15) is 0 Å². The molecule has 4 nitrogen and oxygen atoms in total. The highest BCUT2D eigenvalue weighted by Crippen LogP contribution is 2.19. The lowest BCUT2D eigenvalue weighted by Crippen LogP contribution is -2.38. The molecule has 0 radical (unpaired) electrons. The topological polar surface area (TPSA) is 46.6 Å². The number of alkyl halides is 2. The zero-order valence-corrected chi connectivity index (χ0v) is 16.9. The fraction of sp³-hybridized carbons (Fsp3) is 0.895. The molecule has 0 N–H and O–H groups in total. The molecular weight excluding hydrogens is 360 g/mol. The van der Waals surface area contributed by atoms with Crippen LogP contribution >= 0.6 is 0 Å². The minimum absolute atomic E-state index is 0.0515. The van der Waals surface area contributed by atoms with Gasteiger partial charge >= 0.3 is 0 Å². The molecule has 154 valence electrons. The maximum absolute atomic E-state index is 13.2. The van der Waals surface area contributed by atoms with Gasteiger partial charge in [-0.25, -0.2) is 17.2 Å². The van der Waals surface area contributed by atoms with Gasteiger partial charge < -0.3 is 9.64 Å². The lowest BCUT2D eigenvalue weighted by Gasteiger charge is -2.30. The lowest BCUT2D eigenvalue weighted by molar-refractivity contribution is 0.0345. The Hall–Kier alpha value is -0.690. The molecule has 0 aromatic rings. The van der Waals surface area contributed by atoms with Crippen LogP contribution in [-0.2, 0) is 14.6 Å². The summed E-state index contributed by atoms with van der Waals surface area (Å²) in [7, 11) is -3.61. The Morgan fingerprint density at radius 3 is 1.96 bits per heavy atom. The molecule has 1 saturated heterocycles. The molecule has 0 aromatic carbocycles. The van der Waals surface area contributed by atoms with Gasteiger partial charge in [-0.3, -0.25) is 0 Å². The Morgan fingerprint density at radius 1 is 0.962 bits per heavy atom. The molecule has 0 saturated carbocycles. The average Bonchev–Trinajstić information content (AvgIpc) is 2.62. The van der Waals surface area contributed by atoms with Crippen LogP contribution in [0.15, 0.2) is 11.1 Å². The van der Waals surface area contributed by atoms with Gasteiger partial charge in [0.1, 0.15) is 0 Å². The van der Waals surface area contributed by atoms with Crippen molar-refractivity contribution in [3.8, 4) is 0 Å². The number of nitrogens with zero attached hydrogens (tertiary/aromatic N) is 1. The predicted octanol–water partition coefficient (Wildman–Crippen LogP) is 4.76. The first kappa shape index (κ1) is 23.3. The monoisotopic (exact) mass is 395 g/mol. The molecule has 0 amide bonds. The number of hydrogen-bond donors (Lipinski definition) is 0. The maximum Gasteiger partial charge on any atom is 0.278 e. The molecule has 0 atom stereocenters. The molecule has 7 heteroatoms. The van der Waals surface area contributed by atoms with Crippen molar-refractivity contribution < 1.29 is 21.9 Å². The first-order valence-electron chi connectivity index (χ1n) is 10.0. The predicted molar refractivity (Wildman–Crippen MR) is 102 cm³/mol. The van der Waals surface area contributed by atoms with Crippen molar-refractivity contribution in [3.05, 3.63) is 11.1 Å². The number of rotatable bonds is 14. The van der Waals surface area contributed by atoms with Crippen LogP contribution in [-0.4, -0.2) is 51.8 Å². The van der Waals surface area contributed by atoms with Crippen molar-refractivity contribution in [2.24, 2.45) is 0 Å². The highest BCUT2D eigenvalue weighted by molar-refractivity contribution is 7.94. The van der Waals surface area contributed by atoms with Crippen LogP contribution in [0.1, 0.15) is 71.1 Å². The fourth-order valence-corrected chi connectivity index (χ4v) is 4.46. The summed E-state index contributed by atoms with van der Waals surface area (Å²) in [5.41, 5.74) is -0.389. The van der Waals surface area contributed by atoms with Gasteiger partial charge in [0.25, 0.3) is 6.43 Å². The summed E-state index contributed by atoms with van der Waals surface area (Å²) in [4.78, 5) is 1.42. The molecule has 0 aliphatic carbocycles. The van der Waals surface area contributed by atoms with E-state index in [0.29, 0.717) is 32.7 Å². The number of morpholine rings is 1. The Labute approximate surface area is 157 Å². The lowest BCUT2D eigenvalue weighted by atomic mass is 10.1. The molecule has 1 aliphatic rings. The summed E-state index contributed by atoms with van der Waals surface area (Å²) in [6, 6.07) is 0. The number of hydrogen-bond acceptors (Lipinski definition) is 4. The van der Waals surface area contributed by atoms with Gasteiger partial charge in [-0.15, -0.1) is 0 Å². The van der Waals surface area contributed by atoms with Crippen molar-refractivity contribution >= 4 is 9.84 Å². The molecule has 26 heavy (non-hydrogen) atoms. The Balaban J connectivity index is 2.27. The molecule has 1 aliphatic heterocycles. The zero-order valence-electron chi connectivity index (χ0n) is 16.1. The minimum Gasteiger partial charge on any atom is -0.378 e. The summed E-state index contributed by atoms with van der Waals surface area (Å²) in [6.07, 6.45) is 8.31. The Morgan fingerprint density at radius 2 is 1.46 bits per heavy atom. The number of ether oxygens (including phenoxy) is 1. The molecule has 0 unspecified atom stereocenters. The van der Waals surface area contributed by atoms with Gasteiger partial charge in [0.2, 0.25) is 0 Å². The van der Waals surface area contributed by atoms with E-state index in [9.17, 15) is 17.2 Å². The van der Waals surface area contributed by atoms with Gasteiger partial charge in [0.05, 0.1) is 30.1 Å². The molecule has 0 bridgehead atoms. The first-order chi connectivity index (χ1) is 12.5. The number of halogens is 2. The Bertz CT molecular complexity index is 489. The van der Waals surface area contributed by atoms with E-state index < -0.39 is 16.3 Å². The van der Waals surface area contributed by atoms with Crippen molar-refractivity contribution in [2.45, 2.75) is 77.6 Å². The molecule has 0 aromatic heterocycles. The van der Waals surface area contributed by atoms with E-state index in [4.69, 9.17) is 4.74 Å². The summed E-state index contributed by atoms with van der Waals surface area (Å²) < 4.78 is 55.9. The van der Waals surface area contributed by atoms with Crippen LogP contribution in [0.4, 0.5) is 8.78 Å². The SMILES string of the molecule is CCCCCCCCCCCCS(=O)(=O)C=C(C(F)F)N1CCOCC1. The van der Waals surface area contributed by atoms with Crippen molar-refractivity contribution in [3.63, 3.8) is 0 Å². The summed E-state index contributed by atoms with van der Waals surface area (Å²) in [5, 5.41) is 0.788. The van der Waals surface area contributed by atoms with E-state index >= 15 is 0 Å². The standard InChI is InChI=1S/C19H35F2NO3S/c1-2-3-4-5-6-7-8-9-10-11-16-26(23,24)17-18(19(20)21)22-12-14-25-15-13-22/h17,19H,2-16H2,1H3. The molecule has 1 heterocycles. The smallest absolute Gasteiger partial charge is 0.278 e. The Kier molecular flexibility index (Phi) is 12.1. The summed E-state index contributed by atoms with van der Waals surface area (Å²) >= 11 is 0. The second-order valence-electron chi connectivity index (χ2n) is 6.99. The third-order valence-corrected chi connectivity index (χ3v) is 6.14. The zero-order chi connectivity index (χ0) is 19.3. The summed E-state index contributed by atoms with van der Waals surface area (Å²) in [5.74, 6) is -0.0515. The second-order valence-corrected chi connectivity index (χ2v) is 8.96. The largest absolute Gasteiger partial charge is 0.378 e. The number of allylic oxidation sites excluding steroid dienone is 1. The third-order valence-electron chi connectivity index (χ3n) is 4.68. The number of unbranched alkanes of at least 4 members (excludes halogenated alkanes) is 9. The maximum atomic E-state index is 13.2. The van der Waals surface area contributed by atoms with E-state index in [2.05, 4.69) is 6.92 Å². The van der Waals surface area contributed by atoms with E-state index in [1.165, 1.54) is 43.4 Å². The van der Waals surface area contributed by atoms with Crippen LogP contribution in [0.3, 0.4) is 0 Å². The molecule has 1 rings (SSSR count). The quantitative estimate of drug-likeness (QED) is 0.398. The highest BCUT2D eigenvalue weighted by Gasteiger charge is 2.24. The van der Waals surface area contributed by atoms with Gasteiger partial charge in [0.15, 0.2) is 9.84 Å². The van der Waals surface area contributed by atoms with E-state index in [1.807, 2.05) is 0 Å². The van der Waals surface area contributed by atoms with Crippen LogP contribution in [0.2, 0.25) is 0 Å². The van der Waals surface area contributed by atoms with Crippen LogP contribution in [0.5, 0.6) is 0 Å². The van der Waals surface area contributed by atoms with Gasteiger partial charge in [-0.1, -0.05) is 64.7 Å². The second kappa shape index (κ2) is 13.5. The van der Waals surface area contributed by atoms with Gasteiger partial charge in [0, 0.05) is 13.1 Å². The minimum atomic E-state index is -3.61. The van der Waals surface area contributed by atoms with Crippen molar-refractivity contribution in [1.29, 1.82) is 0 Å². The van der Waals surface area contributed by atoms with Crippen LogP contribution < -0.4 is 0 Å². The normalized spacial score (nSPS) is 16.5. The van der Waals surface area contributed by atoms with E-state index in [0.717, 1.165) is 24.7 Å². The number of sulfone groups is 1. The molecular formula is C19H35F2NO3S.